The molecule has 1 aliphatic rings. The van der Waals surface area contributed by atoms with E-state index in [1.165, 1.54) is 5.56 Å². The largest absolute Gasteiger partial charge is 0.384 e. The van der Waals surface area contributed by atoms with Crippen LogP contribution in [-0.2, 0) is 12.8 Å². The van der Waals surface area contributed by atoms with Crippen LogP contribution in [0.15, 0.2) is 58.9 Å². The zero-order valence-corrected chi connectivity index (χ0v) is 18.7. The highest BCUT2D eigenvalue weighted by molar-refractivity contribution is 7.07. The fourth-order valence-electron chi connectivity index (χ4n) is 3.98. The van der Waals surface area contributed by atoms with Gasteiger partial charge in [0.15, 0.2) is 0 Å². The molecule has 5 nitrogen and oxygen atoms in total. The molecule has 0 unspecified atom stereocenters. The third kappa shape index (κ3) is 3.56. The third-order valence-corrected chi connectivity index (χ3v) is 6.81. The second-order valence-corrected chi connectivity index (χ2v) is 8.58. The summed E-state index contributed by atoms with van der Waals surface area (Å²) < 4.78 is 1.85. The molecule has 0 fully saturated rings. The minimum absolute atomic E-state index is 0.195. The van der Waals surface area contributed by atoms with Crippen molar-refractivity contribution >= 4 is 28.8 Å². The molecular formula is C26H22N4OS. The van der Waals surface area contributed by atoms with Gasteiger partial charge in [0, 0.05) is 0 Å². The second-order valence-electron chi connectivity index (χ2n) is 7.62. The number of hydrogen-bond donors (Lipinski definition) is 1. The number of allylic oxidation sites excluding steroid dienone is 1. The molecule has 1 atom stereocenters. The van der Waals surface area contributed by atoms with Crippen LogP contribution in [0.4, 0.5) is 0 Å². The molecule has 32 heavy (non-hydrogen) atoms. The van der Waals surface area contributed by atoms with Gasteiger partial charge in [0.25, 0.3) is 4.74 Å². The number of hydrogen-bond acceptors (Lipinski definition) is 5. The van der Waals surface area contributed by atoms with E-state index in [4.69, 9.17) is 5.73 Å². The van der Waals surface area contributed by atoms with Gasteiger partial charge in [0.1, 0.15) is 15.8 Å². The summed E-state index contributed by atoms with van der Waals surface area (Å²) in [5.41, 5.74) is 11.1. The summed E-state index contributed by atoms with van der Waals surface area (Å²) in [6, 6.07) is 20.2. The smallest absolute Gasteiger partial charge is 0.258 e. The summed E-state index contributed by atoms with van der Waals surface area (Å²) in [6.45, 7) is 4.15. The zero-order chi connectivity index (χ0) is 22.8. The fraction of sp³-hybridized carbons (Fsp3) is 0.192. The molecule has 2 aromatic carbocycles. The van der Waals surface area contributed by atoms with E-state index in [0.29, 0.717) is 15.6 Å². The SMILES string of the molecule is CCc1ccc(C=c2c(=O)sc3n2C(N)=C(C#N)[C@H](c2ccc(CC)cc2)C=3C#N)cc1. The number of aryl methyl sites for hydroxylation is 2. The van der Waals surface area contributed by atoms with Crippen LogP contribution in [0.1, 0.15) is 42.0 Å². The Morgan fingerprint density at radius 3 is 2.06 bits per heavy atom. The summed E-state index contributed by atoms with van der Waals surface area (Å²) >= 11 is 0.992. The molecule has 4 rings (SSSR count). The van der Waals surface area contributed by atoms with Crippen LogP contribution >= 0.6 is 11.3 Å². The number of rotatable bonds is 4. The van der Waals surface area contributed by atoms with Gasteiger partial charge in [-0.05, 0) is 41.2 Å². The minimum Gasteiger partial charge on any atom is -0.384 e. The molecule has 0 saturated carbocycles. The second kappa shape index (κ2) is 8.70. The number of nitrogens with zero attached hydrogens (tertiary/aromatic N) is 3. The molecular weight excluding hydrogens is 416 g/mol. The maximum atomic E-state index is 12.9. The molecule has 2 heterocycles. The lowest BCUT2D eigenvalue weighted by Gasteiger charge is -2.23. The minimum atomic E-state index is -0.592. The number of benzene rings is 2. The normalized spacial score (nSPS) is 15.9. The van der Waals surface area contributed by atoms with Gasteiger partial charge in [0.05, 0.1) is 29.2 Å². The predicted octanol–water partition coefficient (Wildman–Crippen LogP) is 2.99. The first kappa shape index (κ1) is 21.4. The van der Waals surface area contributed by atoms with Gasteiger partial charge in [-0.3, -0.25) is 9.36 Å². The zero-order valence-electron chi connectivity index (χ0n) is 17.9. The van der Waals surface area contributed by atoms with Gasteiger partial charge < -0.3 is 5.73 Å². The number of thiazole rings is 1. The molecule has 0 radical (unpaired) electrons. The van der Waals surface area contributed by atoms with Crippen LogP contribution in [-0.4, -0.2) is 4.57 Å². The fourth-order valence-corrected chi connectivity index (χ4v) is 4.97. The van der Waals surface area contributed by atoms with Crippen molar-refractivity contribution < 1.29 is 0 Å². The van der Waals surface area contributed by atoms with Crippen molar-refractivity contribution in [2.24, 2.45) is 5.73 Å². The van der Waals surface area contributed by atoms with Crippen molar-refractivity contribution in [1.82, 2.24) is 4.57 Å². The maximum Gasteiger partial charge on any atom is 0.258 e. The molecule has 3 aromatic rings. The lowest BCUT2D eigenvalue weighted by atomic mass is 9.84. The molecule has 1 aliphatic heterocycles. The molecule has 158 valence electrons. The topological polar surface area (TPSA) is 95.6 Å². The standard InChI is InChI=1S/C26H22N4OS/c1-3-16-5-7-18(8-6-16)13-22-26(31)32-25-21(15-28)23(20(14-27)24(29)30(22)25)19-11-9-17(4-2)10-12-19/h5-13,23H,3-4,29H2,1-2H3/t23-/m0/s1. The summed E-state index contributed by atoms with van der Waals surface area (Å²) in [4.78, 5) is 12.9. The van der Waals surface area contributed by atoms with Gasteiger partial charge in [-0.2, -0.15) is 10.5 Å². The molecule has 0 spiro atoms. The van der Waals surface area contributed by atoms with Crippen molar-refractivity contribution in [1.29, 1.82) is 10.5 Å². The highest BCUT2D eigenvalue weighted by Crippen LogP contribution is 2.35. The van der Waals surface area contributed by atoms with Gasteiger partial charge in [-0.15, -0.1) is 0 Å². The Morgan fingerprint density at radius 2 is 1.53 bits per heavy atom. The van der Waals surface area contributed by atoms with Gasteiger partial charge in [0.2, 0.25) is 0 Å². The van der Waals surface area contributed by atoms with Gasteiger partial charge in [-0.25, -0.2) is 0 Å². The highest BCUT2D eigenvalue weighted by Gasteiger charge is 2.31. The van der Waals surface area contributed by atoms with Crippen LogP contribution < -0.4 is 20.5 Å². The predicted molar refractivity (Wildman–Crippen MR) is 128 cm³/mol. The average Bonchev–Trinajstić information content (AvgIpc) is 3.15. The van der Waals surface area contributed by atoms with Crippen LogP contribution in [0, 0.1) is 22.7 Å². The van der Waals surface area contributed by atoms with Crippen LogP contribution in [0.25, 0.3) is 17.5 Å². The van der Waals surface area contributed by atoms with Crippen LogP contribution in [0.2, 0.25) is 0 Å². The summed E-state index contributed by atoms with van der Waals surface area (Å²) in [5.74, 6) is -0.397. The summed E-state index contributed by atoms with van der Waals surface area (Å²) in [7, 11) is 0. The lowest BCUT2D eigenvalue weighted by Crippen LogP contribution is -2.38. The van der Waals surface area contributed by atoms with E-state index in [-0.39, 0.29) is 16.1 Å². The first-order valence-corrected chi connectivity index (χ1v) is 11.3. The van der Waals surface area contributed by atoms with E-state index >= 15 is 0 Å². The van der Waals surface area contributed by atoms with E-state index in [2.05, 4.69) is 26.0 Å². The van der Waals surface area contributed by atoms with Crippen LogP contribution in [0.3, 0.4) is 0 Å². The Kier molecular flexibility index (Phi) is 5.81. The molecule has 0 bridgehead atoms. The Morgan fingerprint density at radius 1 is 0.969 bits per heavy atom. The monoisotopic (exact) mass is 438 g/mol. The Hall–Kier alpha value is -3.87. The quantitative estimate of drug-likeness (QED) is 0.677. The molecule has 6 heteroatoms. The average molecular weight is 439 g/mol. The van der Waals surface area contributed by atoms with E-state index in [9.17, 15) is 15.3 Å². The molecule has 1 aromatic heterocycles. The summed E-state index contributed by atoms with van der Waals surface area (Å²) in [5, 5.41) is 20.4. The number of aromatic nitrogens is 1. The first-order chi connectivity index (χ1) is 15.5. The highest BCUT2D eigenvalue weighted by atomic mass is 32.1. The Labute approximate surface area is 190 Å². The van der Waals surface area contributed by atoms with E-state index in [1.807, 2.05) is 48.5 Å². The van der Waals surface area contributed by atoms with Crippen molar-refractivity contribution in [3.05, 3.63) is 95.9 Å². The first-order valence-electron chi connectivity index (χ1n) is 10.5. The Balaban J connectivity index is 2.00. The van der Waals surface area contributed by atoms with Crippen molar-refractivity contribution in [3.63, 3.8) is 0 Å². The number of fused-ring (bicyclic) bond motifs is 1. The van der Waals surface area contributed by atoms with E-state index < -0.39 is 5.92 Å². The molecule has 0 aliphatic carbocycles. The van der Waals surface area contributed by atoms with Crippen molar-refractivity contribution in [3.8, 4) is 12.1 Å². The Bertz CT molecular complexity index is 1470. The number of nitriles is 2. The molecule has 0 saturated heterocycles. The summed E-state index contributed by atoms with van der Waals surface area (Å²) in [6.07, 6.45) is 3.58. The van der Waals surface area contributed by atoms with E-state index in [1.54, 1.807) is 10.6 Å². The molecule has 0 amide bonds. The van der Waals surface area contributed by atoms with Gasteiger partial charge >= 0.3 is 0 Å². The maximum absolute atomic E-state index is 12.9. The lowest BCUT2D eigenvalue weighted by molar-refractivity contribution is 0.908. The van der Waals surface area contributed by atoms with Crippen molar-refractivity contribution in [2.45, 2.75) is 32.6 Å². The third-order valence-electron chi connectivity index (χ3n) is 5.82. The van der Waals surface area contributed by atoms with Gasteiger partial charge in [-0.1, -0.05) is 73.7 Å². The number of nitrogens with two attached hydrogens (primary N) is 1. The molecule has 2 N–H and O–H groups in total. The van der Waals surface area contributed by atoms with E-state index in [0.717, 1.165) is 40.9 Å². The van der Waals surface area contributed by atoms with Crippen molar-refractivity contribution in [2.75, 3.05) is 0 Å². The van der Waals surface area contributed by atoms with Crippen LogP contribution in [0.5, 0.6) is 0 Å².